The summed E-state index contributed by atoms with van der Waals surface area (Å²) in [7, 11) is 0. The number of nitrogens with zero attached hydrogens (tertiary/aromatic N) is 1. The summed E-state index contributed by atoms with van der Waals surface area (Å²) < 4.78 is 0. The Morgan fingerprint density at radius 1 is 1.26 bits per heavy atom. The van der Waals surface area contributed by atoms with E-state index in [9.17, 15) is 5.11 Å². The lowest BCUT2D eigenvalue weighted by Gasteiger charge is -2.08. The molecule has 0 bridgehead atoms. The van der Waals surface area contributed by atoms with Crippen LogP contribution in [0.15, 0.2) is 47.6 Å². The fourth-order valence-electron chi connectivity index (χ4n) is 1.63. The van der Waals surface area contributed by atoms with Gasteiger partial charge < -0.3 is 5.11 Å². The minimum Gasteiger partial charge on any atom is -0.506 e. The number of hydrogen-bond acceptors (Lipinski definition) is 4. The largest absolute Gasteiger partial charge is 0.506 e. The first-order valence-corrected chi connectivity index (χ1v) is 6.39. The molecule has 0 heterocycles. The van der Waals surface area contributed by atoms with Crippen molar-refractivity contribution in [2.75, 3.05) is 11.3 Å². The van der Waals surface area contributed by atoms with Gasteiger partial charge in [-0.2, -0.15) is 5.10 Å². The van der Waals surface area contributed by atoms with E-state index in [2.05, 4.69) is 10.5 Å². The summed E-state index contributed by atoms with van der Waals surface area (Å²) in [6.07, 6.45) is 7.70. The third-order valence-electron chi connectivity index (χ3n) is 2.64. The van der Waals surface area contributed by atoms with Crippen LogP contribution < -0.4 is 5.43 Å². The zero-order chi connectivity index (χ0) is 13.7. The molecule has 0 aliphatic heterocycles. The van der Waals surface area contributed by atoms with E-state index in [0.717, 1.165) is 12.0 Å². The molecule has 19 heavy (non-hydrogen) atoms. The minimum absolute atomic E-state index is 0.115. The van der Waals surface area contributed by atoms with Gasteiger partial charge in [-0.1, -0.05) is 18.2 Å². The summed E-state index contributed by atoms with van der Waals surface area (Å²) in [5, 5.41) is 21.5. The van der Waals surface area contributed by atoms with E-state index in [4.69, 9.17) is 17.0 Å². The number of aryl methyl sites for hydroxylation is 1. The van der Waals surface area contributed by atoms with E-state index in [-0.39, 0.29) is 5.75 Å². The van der Waals surface area contributed by atoms with Gasteiger partial charge in [-0.05, 0) is 36.3 Å². The molecule has 5 heteroatoms. The van der Waals surface area contributed by atoms with Crippen molar-refractivity contribution in [3.8, 4) is 5.75 Å². The van der Waals surface area contributed by atoms with Gasteiger partial charge in [-0.15, -0.1) is 11.6 Å². The Kier molecular flexibility index (Phi) is 4.36. The van der Waals surface area contributed by atoms with Crippen molar-refractivity contribution in [1.29, 1.82) is 5.41 Å². The molecule has 98 valence electrons. The molecule has 1 aromatic rings. The van der Waals surface area contributed by atoms with Gasteiger partial charge in [0.1, 0.15) is 11.5 Å². The predicted molar refractivity (Wildman–Crippen MR) is 79.6 cm³/mol. The number of hydrazone groups is 1. The first-order valence-electron chi connectivity index (χ1n) is 5.86. The molecular weight excluding hydrogens is 262 g/mol. The average molecular weight is 276 g/mol. The van der Waals surface area contributed by atoms with Crippen LogP contribution in [0.5, 0.6) is 5.75 Å². The molecule has 4 nitrogen and oxygen atoms in total. The molecule has 0 saturated heterocycles. The van der Waals surface area contributed by atoms with E-state index in [1.165, 1.54) is 0 Å². The molecule has 0 radical (unpaired) electrons. The Bertz CT molecular complexity index is 576. The van der Waals surface area contributed by atoms with Crippen LogP contribution in [0, 0.1) is 5.41 Å². The molecular formula is C14H14ClN3O. The van der Waals surface area contributed by atoms with Crippen LogP contribution in [-0.2, 0) is 6.42 Å². The molecule has 1 aliphatic rings. The molecule has 0 amide bonds. The van der Waals surface area contributed by atoms with E-state index >= 15 is 0 Å². The Hall–Kier alpha value is -2.07. The van der Waals surface area contributed by atoms with E-state index in [0.29, 0.717) is 23.0 Å². The topological polar surface area (TPSA) is 68.5 Å². The van der Waals surface area contributed by atoms with Crippen molar-refractivity contribution in [3.05, 3.63) is 48.1 Å². The maximum atomic E-state index is 9.75. The molecule has 0 atom stereocenters. The molecule has 0 aromatic heterocycles. The van der Waals surface area contributed by atoms with Crippen molar-refractivity contribution >= 4 is 28.7 Å². The van der Waals surface area contributed by atoms with Crippen LogP contribution in [0.4, 0.5) is 5.69 Å². The highest BCUT2D eigenvalue weighted by Crippen LogP contribution is 2.24. The first kappa shape index (κ1) is 13.4. The SMILES string of the molecule is N=C1C=CC=C/C1=N/Nc1cc(CCCl)ccc1O. The average Bonchev–Trinajstić information content (AvgIpc) is 2.41. The number of aromatic hydroxyl groups is 1. The first-order chi connectivity index (χ1) is 9.20. The zero-order valence-electron chi connectivity index (χ0n) is 10.2. The van der Waals surface area contributed by atoms with Gasteiger partial charge in [0.25, 0.3) is 0 Å². The quantitative estimate of drug-likeness (QED) is 0.342. The number of phenolic OH excluding ortho intramolecular Hbond substituents is 1. The number of anilines is 1. The number of nitrogens with one attached hydrogen (secondary N) is 2. The van der Waals surface area contributed by atoms with Gasteiger partial charge >= 0.3 is 0 Å². The summed E-state index contributed by atoms with van der Waals surface area (Å²) in [6.45, 7) is 0. The number of halogens is 1. The number of benzene rings is 1. The smallest absolute Gasteiger partial charge is 0.140 e. The second-order valence-electron chi connectivity index (χ2n) is 4.03. The molecule has 2 rings (SSSR count). The molecule has 3 N–H and O–H groups in total. The Morgan fingerprint density at radius 2 is 2.05 bits per heavy atom. The monoisotopic (exact) mass is 275 g/mol. The van der Waals surface area contributed by atoms with Crippen molar-refractivity contribution in [1.82, 2.24) is 0 Å². The van der Waals surface area contributed by atoms with Crippen LogP contribution in [0.1, 0.15) is 5.56 Å². The molecule has 0 fully saturated rings. The molecule has 1 aromatic carbocycles. The third kappa shape index (κ3) is 3.45. The van der Waals surface area contributed by atoms with Crippen molar-refractivity contribution < 1.29 is 5.11 Å². The third-order valence-corrected chi connectivity index (χ3v) is 2.83. The van der Waals surface area contributed by atoms with Crippen LogP contribution in [0.3, 0.4) is 0 Å². The lowest BCUT2D eigenvalue weighted by Crippen LogP contribution is -2.11. The number of phenols is 1. The van der Waals surface area contributed by atoms with Crippen LogP contribution in [-0.4, -0.2) is 22.4 Å². The number of hydrogen-bond donors (Lipinski definition) is 3. The summed E-state index contributed by atoms with van der Waals surface area (Å²) in [5.41, 5.74) is 5.15. The maximum Gasteiger partial charge on any atom is 0.140 e. The highest BCUT2D eigenvalue weighted by atomic mass is 35.5. The minimum atomic E-state index is 0.115. The highest BCUT2D eigenvalue weighted by Gasteiger charge is 2.05. The van der Waals surface area contributed by atoms with E-state index < -0.39 is 0 Å². The Morgan fingerprint density at radius 3 is 2.79 bits per heavy atom. The second kappa shape index (κ2) is 6.20. The van der Waals surface area contributed by atoms with Gasteiger partial charge in [0.05, 0.1) is 11.4 Å². The lowest BCUT2D eigenvalue weighted by molar-refractivity contribution is 0.477. The molecule has 0 spiro atoms. The number of allylic oxidation sites excluding steroid dienone is 4. The maximum absolute atomic E-state index is 9.75. The summed E-state index contributed by atoms with van der Waals surface area (Å²) >= 11 is 5.69. The van der Waals surface area contributed by atoms with Gasteiger partial charge in [0, 0.05) is 5.88 Å². The standard InChI is InChI=1S/C14H14ClN3O/c15-8-7-10-5-6-14(19)13(9-10)18-17-12-4-2-1-3-11(12)16/h1-6,9,16,18-19H,7-8H2/b16-11?,17-12-. The Labute approximate surface area is 116 Å². The predicted octanol–water partition coefficient (Wildman–Crippen LogP) is 3.09. The summed E-state index contributed by atoms with van der Waals surface area (Å²) in [5.74, 6) is 0.640. The molecule has 1 aliphatic carbocycles. The van der Waals surface area contributed by atoms with Gasteiger partial charge in [0.15, 0.2) is 0 Å². The van der Waals surface area contributed by atoms with Crippen LogP contribution in [0.25, 0.3) is 0 Å². The van der Waals surface area contributed by atoms with Crippen molar-refractivity contribution in [2.24, 2.45) is 5.10 Å². The number of rotatable bonds is 4. The van der Waals surface area contributed by atoms with Gasteiger partial charge in [-0.25, -0.2) is 0 Å². The zero-order valence-corrected chi connectivity index (χ0v) is 11.0. The summed E-state index contributed by atoms with van der Waals surface area (Å²) in [6, 6.07) is 5.22. The normalized spacial score (nSPS) is 16.1. The molecule has 0 unspecified atom stereocenters. The van der Waals surface area contributed by atoms with Crippen molar-refractivity contribution in [2.45, 2.75) is 6.42 Å². The fourth-order valence-corrected chi connectivity index (χ4v) is 1.85. The van der Waals surface area contributed by atoms with Crippen LogP contribution >= 0.6 is 11.6 Å². The highest BCUT2D eigenvalue weighted by molar-refractivity contribution is 6.50. The number of alkyl halides is 1. The van der Waals surface area contributed by atoms with Crippen LogP contribution in [0.2, 0.25) is 0 Å². The van der Waals surface area contributed by atoms with Gasteiger partial charge in [-0.3, -0.25) is 10.8 Å². The summed E-state index contributed by atoms with van der Waals surface area (Å²) in [4.78, 5) is 0. The van der Waals surface area contributed by atoms with Gasteiger partial charge in [0.2, 0.25) is 0 Å². The Balaban J connectivity index is 2.17. The second-order valence-corrected chi connectivity index (χ2v) is 4.41. The van der Waals surface area contributed by atoms with E-state index in [1.807, 2.05) is 12.1 Å². The fraction of sp³-hybridized carbons (Fsp3) is 0.143. The van der Waals surface area contributed by atoms with E-state index in [1.54, 1.807) is 30.4 Å². The molecule has 0 saturated carbocycles. The lowest BCUT2D eigenvalue weighted by atomic mass is 10.1. The van der Waals surface area contributed by atoms with Crippen molar-refractivity contribution in [3.63, 3.8) is 0 Å².